The first-order valence-electron chi connectivity index (χ1n) is 8.94. The van der Waals surface area contributed by atoms with Gasteiger partial charge in [0, 0.05) is 31.7 Å². The van der Waals surface area contributed by atoms with Crippen LogP contribution in [0, 0.1) is 5.92 Å². The normalized spacial score (nSPS) is 28.0. The van der Waals surface area contributed by atoms with Crippen LogP contribution >= 0.6 is 0 Å². The maximum atomic E-state index is 13.0. The van der Waals surface area contributed by atoms with E-state index in [9.17, 15) is 21.6 Å². The van der Waals surface area contributed by atoms with E-state index in [0.29, 0.717) is 31.7 Å². The highest BCUT2D eigenvalue weighted by Crippen LogP contribution is 2.39. The molecule has 27 heavy (non-hydrogen) atoms. The molecule has 2 aliphatic heterocycles. The van der Waals surface area contributed by atoms with Gasteiger partial charge in [-0.3, -0.25) is 4.90 Å². The molecule has 10 heteroatoms. The Hall–Kier alpha value is -1.36. The van der Waals surface area contributed by atoms with Crippen LogP contribution < -0.4 is 4.74 Å². The van der Waals surface area contributed by atoms with Gasteiger partial charge in [-0.1, -0.05) is 12.1 Å². The van der Waals surface area contributed by atoms with Crippen molar-refractivity contribution in [2.24, 2.45) is 5.92 Å². The number of sulfonamides is 1. The maximum absolute atomic E-state index is 13.0. The summed E-state index contributed by atoms with van der Waals surface area (Å²) in [5.41, 5.74) is 0. The zero-order valence-electron chi connectivity index (χ0n) is 14.6. The Kier molecular flexibility index (Phi) is 4.86. The maximum Gasteiger partial charge on any atom is 0.573 e. The molecule has 1 saturated carbocycles. The minimum Gasteiger partial charge on any atom is -0.404 e. The number of morpholine rings is 1. The van der Waals surface area contributed by atoms with E-state index in [2.05, 4.69) is 9.64 Å². The van der Waals surface area contributed by atoms with Gasteiger partial charge in [0.05, 0.1) is 13.2 Å². The van der Waals surface area contributed by atoms with Gasteiger partial charge in [-0.2, -0.15) is 4.31 Å². The van der Waals surface area contributed by atoms with Crippen molar-refractivity contribution in [2.75, 3.05) is 32.8 Å². The minimum absolute atomic E-state index is 0.0800. The molecule has 4 rings (SSSR count). The predicted molar refractivity (Wildman–Crippen MR) is 89.7 cm³/mol. The van der Waals surface area contributed by atoms with Crippen LogP contribution in [-0.4, -0.2) is 68.9 Å². The van der Waals surface area contributed by atoms with Crippen LogP contribution in [0.4, 0.5) is 13.2 Å². The average molecular weight is 406 g/mol. The third-order valence-corrected chi connectivity index (χ3v) is 7.28. The second-order valence-electron chi connectivity index (χ2n) is 7.19. The van der Waals surface area contributed by atoms with Crippen LogP contribution in [0.1, 0.15) is 12.8 Å². The summed E-state index contributed by atoms with van der Waals surface area (Å²) in [6.07, 6.45) is -2.62. The van der Waals surface area contributed by atoms with Crippen LogP contribution in [-0.2, 0) is 14.8 Å². The Morgan fingerprint density at radius 3 is 2.56 bits per heavy atom. The number of nitrogens with zero attached hydrogens (tertiary/aromatic N) is 2. The Balaban J connectivity index is 1.55. The van der Waals surface area contributed by atoms with Crippen molar-refractivity contribution in [3.8, 4) is 5.75 Å². The third kappa shape index (κ3) is 3.94. The lowest BCUT2D eigenvalue weighted by atomic mass is 10.0. The van der Waals surface area contributed by atoms with E-state index in [1.54, 1.807) is 0 Å². The molecule has 0 amide bonds. The number of hydrogen-bond donors (Lipinski definition) is 0. The van der Waals surface area contributed by atoms with Gasteiger partial charge in [0.2, 0.25) is 10.0 Å². The van der Waals surface area contributed by atoms with Crippen molar-refractivity contribution in [1.29, 1.82) is 0 Å². The summed E-state index contributed by atoms with van der Waals surface area (Å²) < 4.78 is 74.8. The molecule has 0 aromatic heterocycles. The highest BCUT2D eigenvalue weighted by Gasteiger charge is 2.45. The van der Waals surface area contributed by atoms with Crippen LogP contribution in [0.25, 0.3) is 0 Å². The fourth-order valence-electron chi connectivity index (χ4n) is 3.96. The first-order valence-corrected chi connectivity index (χ1v) is 10.4. The second kappa shape index (κ2) is 6.91. The lowest BCUT2D eigenvalue weighted by molar-refractivity contribution is -0.275. The number of rotatable bonds is 4. The lowest BCUT2D eigenvalue weighted by Gasteiger charge is -2.47. The van der Waals surface area contributed by atoms with E-state index in [1.165, 1.54) is 29.3 Å². The van der Waals surface area contributed by atoms with Crippen LogP contribution in [0.3, 0.4) is 0 Å². The number of piperazine rings is 1. The first kappa shape index (κ1) is 19.0. The van der Waals surface area contributed by atoms with Crippen molar-refractivity contribution in [1.82, 2.24) is 9.21 Å². The topological polar surface area (TPSA) is 59.1 Å². The molecule has 0 spiro atoms. The van der Waals surface area contributed by atoms with Crippen LogP contribution in [0.2, 0.25) is 0 Å². The number of hydrogen-bond acceptors (Lipinski definition) is 5. The monoisotopic (exact) mass is 406 g/mol. The molecule has 0 bridgehead atoms. The molecule has 1 aromatic rings. The van der Waals surface area contributed by atoms with Crippen molar-refractivity contribution >= 4 is 10.0 Å². The van der Waals surface area contributed by atoms with Gasteiger partial charge in [0.25, 0.3) is 0 Å². The molecule has 2 saturated heterocycles. The largest absolute Gasteiger partial charge is 0.573 e. The van der Waals surface area contributed by atoms with E-state index < -0.39 is 27.0 Å². The zero-order chi connectivity index (χ0) is 19.2. The first-order chi connectivity index (χ1) is 12.8. The van der Waals surface area contributed by atoms with E-state index >= 15 is 0 Å². The Morgan fingerprint density at radius 1 is 1.11 bits per heavy atom. The number of para-hydroxylation sites is 1. The zero-order valence-corrected chi connectivity index (χ0v) is 15.4. The number of halogens is 3. The molecule has 3 aliphatic rings. The lowest BCUT2D eigenvalue weighted by Crippen LogP contribution is -2.63. The minimum atomic E-state index is -4.96. The summed E-state index contributed by atoms with van der Waals surface area (Å²) in [5.74, 6) is -0.0972. The summed E-state index contributed by atoms with van der Waals surface area (Å²) in [6, 6.07) is 5.10. The number of benzene rings is 1. The quantitative estimate of drug-likeness (QED) is 0.766. The highest BCUT2D eigenvalue weighted by molar-refractivity contribution is 7.89. The van der Waals surface area contributed by atoms with Gasteiger partial charge in [-0.25, -0.2) is 8.42 Å². The molecule has 1 aromatic carbocycles. The number of fused-ring (bicyclic) bond motifs is 1. The third-order valence-electron chi connectivity index (χ3n) is 5.37. The van der Waals surface area contributed by atoms with Crippen molar-refractivity contribution in [2.45, 2.75) is 36.2 Å². The van der Waals surface area contributed by atoms with Gasteiger partial charge in [-0.05, 0) is 30.9 Å². The molecule has 2 atom stereocenters. The number of ether oxygens (including phenoxy) is 2. The molecule has 3 fully saturated rings. The summed E-state index contributed by atoms with van der Waals surface area (Å²) in [5, 5.41) is 0. The molecule has 0 N–H and O–H groups in total. The molecular weight excluding hydrogens is 385 g/mol. The summed E-state index contributed by atoms with van der Waals surface area (Å²) in [7, 11) is -4.11. The second-order valence-corrected chi connectivity index (χ2v) is 9.10. The Morgan fingerprint density at radius 2 is 1.85 bits per heavy atom. The van der Waals surface area contributed by atoms with Crippen molar-refractivity contribution in [3.05, 3.63) is 24.3 Å². The molecule has 6 nitrogen and oxygen atoms in total. The molecule has 0 radical (unpaired) electrons. The van der Waals surface area contributed by atoms with Crippen molar-refractivity contribution < 1.29 is 31.1 Å². The summed E-state index contributed by atoms with van der Waals surface area (Å²) in [6.45, 7) is 2.08. The molecule has 0 unspecified atom stereocenters. The fourth-order valence-corrected chi connectivity index (χ4v) is 5.55. The van der Waals surface area contributed by atoms with Crippen LogP contribution in [0.5, 0.6) is 5.75 Å². The number of alkyl halides is 3. The summed E-state index contributed by atoms with van der Waals surface area (Å²) in [4.78, 5) is 1.84. The molecule has 150 valence electrons. The van der Waals surface area contributed by atoms with Gasteiger partial charge in [-0.15, -0.1) is 13.2 Å². The molecule has 2 heterocycles. The molecular formula is C17H21F3N2O4S. The van der Waals surface area contributed by atoms with E-state index in [1.807, 2.05) is 0 Å². The fraction of sp³-hybridized carbons (Fsp3) is 0.647. The molecule has 1 aliphatic carbocycles. The SMILES string of the molecule is O=S(=O)(c1ccccc1OC(F)(F)F)N1CCN2[C@@H](COC[C@@H]2C2CC2)C1. The Labute approximate surface area is 155 Å². The standard InChI is InChI=1S/C17H21F3N2O4S/c18-17(19,20)26-15-3-1-2-4-16(15)27(23,24)21-7-8-22-13(9-21)10-25-11-14(22)12-5-6-12/h1-4,12-14H,5-11H2/t13-,14-/m1/s1. The predicted octanol–water partition coefficient (Wildman–Crippen LogP) is 2.07. The van der Waals surface area contributed by atoms with E-state index in [-0.39, 0.29) is 19.1 Å². The highest BCUT2D eigenvalue weighted by atomic mass is 32.2. The van der Waals surface area contributed by atoms with E-state index in [0.717, 1.165) is 12.1 Å². The van der Waals surface area contributed by atoms with Gasteiger partial charge >= 0.3 is 6.36 Å². The summed E-state index contributed by atoms with van der Waals surface area (Å²) >= 11 is 0. The smallest absolute Gasteiger partial charge is 0.404 e. The van der Waals surface area contributed by atoms with Gasteiger partial charge in [0.1, 0.15) is 10.6 Å². The van der Waals surface area contributed by atoms with E-state index in [4.69, 9.17) is 4.74 Å². The van der Waals surface area contributed by atoms with Crippen molar-refractivity contribution in [3.63, 3.8) is 0 Å². The van der Waals surface area contributed by atoms with Gasteiger partial charge in [0.15, 0.2) is 0 Å². The Bertz CT molecular complexity index is 798. The van der Waals surface area contributed by atoms with Crippen LogP contribution in [0.15, 0.2) is 29.2 Å². The van der Waals surface area contributed by atoms with Gasteiger partial charge < -0.3 is 9.47 Å². The average Bonchev–Trinajstić information content (AvgIpc) is 3.44.